The van der Waals surface area contributed by atoms with Gasteiger partial charge in [-0.05, 0) is 42.7 Å². The zero-order valence-electron chi connectivity index (χ0n) is 15.2. The van der Waals surface area contributed by atoms with Crippen LogP contribution in [0.3, 0.4) is 0 Å². The maximum absolute atomic E-state index is 12.7. The molecular weight excluding hydrogens is 478 g/mol. The van der Waals surface area contributed by atoms with E-state index in [-0.39, 0.29) is 35.7 Å². The van der Waals surface area contributed by atoms with E-state index in [0.29, 0.717) is 39.2 Å². The molecule has 0 saturated carbocycles. The van der Waals surface area contributed by atoms with Gasteiger partial charge in [0.1, 0.15) is 0 Å². The van der Waals surface area contributed by atoms with E-state index in [9.17, 15) is 13.2 Å². The average molecular weight is 496 g/mol. The number of carbonyl (C=O) groups is 1. The molecule has 29 heavy (non-hydrogen) atoms. The van der Waals surface area contributed by atoms with Crippen molar-refractivity contribution in [1.29, 1.82) is 0 Å². The van der Waals surface area contributed by atoms with Crippen molar-refractivity contribution in [2.75, 3.05) is 18.4 Å². The fourth-order valence-electron chi connectivity index (χ4n) is 3.16. The van der Waals surface area contributed by atoms with E-state index in [1.807, 2.05) is 0 Å². The Morgan fingerprint density at radius 3 is 2.34 bits per heavy atom. The molecule has 3 rings (SSSR count). The average Bonchev–Trinajstić information content (AvgIpc) is 2.68. The number of nitrogens with zero attached hydrogens (tertiary/aromatic N) is 1. The van der Waals surface area contributed by atoms with E-state index < -0.39 is 10.0 Å². The first-order valence-electron chi connectivity index (χ1n) is 8.84. The zero-order chi connectivity index (χ0) is 21.2. The van der Waals surface area contributed by atoms with Crippen LogP contribution in [0, 0.1) is 5.92 Å². The molecule has 0 bridgehead atoms. The fraction of sp³-hybridized carbons (Fsp3) is 0.316. The minimum Gasteiger partial charge on any atom is -0.324 e. The minimum atomic E-state index is -3.53. The van der Waals surface area contributed by atoms with Gasteiger partial charge in [-0.15, -0.1) is 0 Å². The molecule has 1 aliphatic rings. The predicted molar refractivity (Wildman–Crippen MR) is 118 cm³/mol. The van der Waals surface area contributed by atoms with Crippen LogP contribution in [0.15, 0.2) is 36.4 Å². The third kappa shape index (κ3) is 5.57. The molecule has 10 heteroatoms. The second-order valence-corrected chi connectivity index (χ2v) is 10.3. The maximum atomic E-state index is 12.7. The Labute approximate surface area is 189 Å². The molecule has 2 aromatic carbocycles. The summed E-state index contributed by atoms with van der Waals surface area (Å²) >= 11 is 23.9. The zero-order valence-corrected chi connectivity index (χ0v) is 19.0. The van der Waals surface area contributed by atoms with Gasteiger partial charge in [0.15, 0.2) is 0 Å². The molecule has 1 heterocycles. The van der Waals surface area contributed by atoms with Crippen LogP contribution in [0.5, 0.6) is 0 Å². The lowest BCUT2D eigenvalue weighted by atomic mass is 9.97. The van der Waals surface area contributed by atoms with E-state index in [4.69, 9.17) is 46.4 Å². The first-order chi connectivity index (χ1) is 13.7. The highest BCUT2D eigenvalue weighted by Crippen LogP contribution is 2.31. The van der Waals surface area contributed by atoms with Crippen molar-refractivity contribution in [3.05, 3.63) is 62.1 Å². The Balaban J connectivity index is 1.59. The van der Waals surface area contributed by atoms with Crippen molar-refractivity contribution in [2.45, 2.75) is 18.6 Å². The Hall–Kier alpha value is -1.02. The minimum absolute atomic E-state index is 0.168. The van der Waals surface area contributed by atoms with Gasteiger partial charge < -0.3 is 5.32 Å². The SMILES string of the molecule is O=C(Nc1cccc(Cl)c1Cl)C1CCN(S(=O)(=O)Cc2ccc(Cl)c(Cl)c2)CC1. The Morgan fingerprint density at radius 2 is 1.69 bits per heavy atom. The molecule has 0 aromatic heterocycles. The number of benzene rings is 2. The number of amides is 1. The molecule has 5 nitrogen and oxygen atoms in total. The molecule has 0 atom stereocenters. The van der Waals surface area contributed by atoms with E-state index in [1.165, 1.54) is 4.31 Å². The second-order valence-electron chi connectivity index (χ2n) is 6.77. The number of halogens is 4. The van der Waals surface area contributed by atoms with Crippen molar-refractivity contribution in [1.82, 2.24) is 4.31 Å². The summed E-state index contributed by atoms with van der Waals surface area (Å²) in [5.74, 6) is -0.670. The van der Waals surface area contributed by atoms with Gasteiger partial charge in [-0.1, -0.05) is 58.5 Å². The van der Waals surface area contributed by atoms with Gasteiger partial charge in [0.05, 0.1) is 31.5 Å². The summed E-state index contributed by atoms with van der Waals surface area (Å²) < 4.78 is 26.8. The normalized spacial score (nSPS) is 16.0. The molecule has 156 valence electrons. The van der Waals surface area contributed by atoms with Gasteiger partial charge in [-0.3, -0.25) is 4.79 Å². The number of anilines is 1. The first-order valence-corrected chi connectivity index (χ1v) is 12.0. The highest BCUT2D eigenvalue weighted by molar-refractivity contribution is 7.88. The van der Waals surface area contributed by atoms with Gasteiger partial charge in [0, 0.05) is 19.0 Å². The lowest BCUT2D eigenvalue weighted by Gasteiger charge is -2.30. The van der Waals surface area contributed by atoms with Gasteiger partial charge >= 0.3 is 0 Å². The number of rotatable bonds is 5. The quantitative estimate of drug-likeness (QED) is 0.597. The van der Waals surface area contributed by atoms with Crippen LogP contribution >= 0.6 is 46.4 Å². The highest BCUT2D eigenvalue weighted by atomic mass is 35.5. The summed E-state index contributed by atoms with van der Waals surface area (Å²) in [6.07, 6.45) is 0.843. The molecule has 1 amide bonds. The molecule has 0 unspecified atom stereocenters. The Morgan fingerprint density at radius 1 is 1.00 bits per heavy atom. The summed E-state index contributed by atoms with van der Waals surface area (Å²) in [6, 6.07) is 9.77. The van der Waals surface area contributed by atoms with E-state index in [2.05, 4.69) is 5.32 Å². The molecule has 2 aromatic rings. The summed E-state index contributed by atoms with van der Waals surface area (Å²) in [5.41, 5.74) is 1.01. The van der Waals surface area contributed by atoms with Crippen LogP contribution in [0.25, 0.3) is 0 Å². The van der Waals surface area contributed by atoms with Crippen LogP contribution in [0.1, 0.15) is 18.4 Å². The van der Waals surface area contributed by atoms with Crippen LogP contribution in [0.2, 0.25) is 20.1 Å². The van der Waals surface area contributed by atoms with Crippen molar-refractivity contribution < 1.29 is 13.2 Å². The molecule has 0 aliphatic carbocycles. The van der Waals surface area contributed by atoms with Crippen molar-refractivity contribution >= 4 is 68.0 Å². The molecule has 1 N–H and O–H groups in total. The Kier molecular flexibility index (Phi) is 7.36. The summed E-state index contributed by atoms with van der Waals surface area (Å²) in [4.78, 5) is 12.5. The Bertz CT molecular complexity index is 1020. The molecule has 0 radical (unpaired) electrons. The van der Waals surface area contributed by atoms with Gasteiger partial charge in [-0.25, -0.2) is 12.7 Å². The number of sulfonamides is 1. The van der Waals surface area contributed by atoms with Crippen molar-refractivity contribution in [3.63, 3.8) is 0 Å². The first kappa shape index (κ1) is 22.7. The monoisotopic (exact) mass is 494 g/mol. The van der Waals surface area contributed by atoms with Crippen molar-refractivity contribution in [3.8, 4) is 0 Å². The van der Waals surface area contributed by atoms with E-state index >= 15 is 0 Å². The fourth-order valence-corrected chi connectivity index (χ4v) is 5.38. The van der Waals surface area contributed by atoms with Crippen molar-refractivity contribution in [2.24, 2.45) is 5.92 Å². The number of carbonyl (C=O) groups excluding carboxylic acids is 1. The second kappa shape index (κ2) is 9.41. The summed E-state index contributed by atoms with van der Waals surface area (Å²) in [5, 5.41) is 4.10. The van der Waals surface area contributed by atoms with Crippen LogP contribution in [0.4, 0.5) is 5.69 Å². The topological polar surface area (TPSA) is 66.5 Å². The van der Waals surface area contributed by atoms with Gasteiger partial charge in [0.25, 0.3) is 0 Å². The van der Waals surface area contributed by atoms with Crippen LogP contribution in [-0.2, 0) is 20.6 Å². The molecular formula is C19H18Cl4N2O3S. The third-order valence-corrected chi connectivity index (χ3v) is 8.17. The molecule has 1 saturated heterocycles. The number of piperidine rings is 1. The predicted octanol–water partition coefficient (Wildman–Crippen LogP) is 5.48. The van der Waals surface area contributed by atoms with E-state index in [1.54, 1.807) is 36.4 Å². The lowest BCUT2D eigenvalue weighted by Crippen LogP contribution is -2.41. The van der Waals surface area contributed by atoms with Gasteiger partial charge in [0.2, 0.25) is 15.9 Å². The standard InChI is InChI=1S/C19H18Cl4N2O3S/c20-14-5-4-12(10-16(14)22)11-29(27,28)25-8-6-13(7-9-25)19(26)24-17-3-1-2-15(21)18(17)23/h1-5,10,13H,6-9,11H2,(H,24,26). The largest absolute Gasteiger partial charge is 0.324 e. The van der Waals surface area contributed by atoms with Gasteiger partial charge in [-0.2, -0.15) is 0 Å². The summed E-state index contributed by atoms with van der Waals surface area (Å²) in [6.45, 7) is 0.538. The number of nitrogens with one attached hydrogen (secondary N) is 1. The number of hydrogen-bond donors (Lipinski definition) is 1. The van der Waals surface area contributed by atoms with Crippen LogP contribution in [-0.4, -0.2) is 31.7 Å². The summed E-state index contributed by atoms with van der Waals surface area (Å²) in [7, 11) is -3.53. The molecule has 1 aliphatic heterocycles. The lowest BCUT2D eigenvalue weighted by molar-refractivity contribution is -0.120. The number of hydrogen-bond acceptors (Lipinski definition) is 3. The van der Waals surface area contributed by atoms with E-state index in [0.717, 1.165) is 0 Å². The smallest absolute Gasteiger partial charge is 0.227 e. The third-order valence-electron chi connectivity index (χ3n) is 4.76. The van der Waals surface area contributed by atoms with Crippen LogP contribution < -0.4 is 5.32 Å². The molecule has 1 fully saturated rings. The highest BCUT2D eigenvalue weighted by Gasteiger charge is 2.31. The maximum Gasteiger partial charge on any atom is 0.227 e. The molecule has 0 spiro atoms.